The highest BCUT2D eigenvalue weighted by atomic mass is 16.5. The first kappa shape index (κ1) is 25.7. The van der Waals surface area contributed by atoms with Crippen LogP contribution in [0.25, 0.3) is 10.8 Å². The second-order valence-corrected chi connectivity index (χ2v) is 9.39. The molecule has 5 rings (SSSR count). The van der Waals surface area contributed by atoms with Crippen molar-refractivity contribution in [3.63, 3.8) is 0 Å². The molecular formula is C33H28N2O4. The Morgan fingerprint density at radius 2 is 1.69 bits per heavy atom. The number of benzene rings is 4. The Bertz CT molecular complexity index is 1630. The molecule has 1 unspecified atom stereocenters. The number of carbonyl (C=O) groups excluding carboxylic acids is 1. The van der Waals surface area contributed by atoms with Crippen molar-refractivity contribution in [2.24, 2.45) is 0 Å². The highest BCUT2D eigenvalue weighted by molar-refractivity contribution is 6.00. The molecule has 0 radical (unpaired) electrons. The van der Waals surface area contributed by atoms with Crippen LogP contribution in [0.3, 0.4) is 0 Å². The average molecular weight is 517 g/mol. The summed E-state index contributed by atoms with van der Waals surface area (Å²) < 4.78 is 5.87. The van der Waals surface area contributed by atoms with Crippen LogP contribution in [0.5, 0.6) is 5.75 Å². The number of hydrogen-bond donors (Lipinski definition) is 2. The Labute approximate surface area is 226 Å². The first-order valence-electron chi connectivity index (χ1n) is 12.7. The van der Waals surface area contributed by atoms with Crippen LogP contribution < -0.4 is 10.1 Å². The van der Waals surface area contributed by atoms with Crippen molar-refractivity contribution >= 4 is 28.3 Å². The Kier molecular flexibility index (Phi) is 7.64. The third-order valence-corrected chi connectivity index (χ3v) is 6.78. The highest BCUT2D eigenvalue weighted by Crippen LogP contribution is 2.29. The molecule has 1 amide bonds. The first-order chi connectivity index (χ1) is 19.0. The van der Waals surface area contributed by atoms with Crippen LogP contribution in [0.1, 0.15) is 45.5 Å². The van der Waals surface area contributed by atoms with E-state index in [9.17, 15) is 14.7 Å². The van der Waals surface area contributed by atoms with Crippen LogP contribution in [0, 0.1) is 0 Å². The van der Waals surface area contributed by atoms with Gasteiger partial charge in [0, 0.05) is 18.3 Å². The lowest BCUT2D eigenvalue weighted by Crippen LogP contribution is -2.20. The molecule has 0 aliphatic carbocycles. The lowest BCUT2D eigenvalue weighted by Gasteiger charge is -2.18. The molecule has 1 atom stereocenters. The molecule has 0 bridgehead atoms. The number of hydrogen-bond acceptors (Lipinski definition) is 4. The predicted octanol–water partition coefficient (Wildman–Crippen LogP) is 6.85. The maximum absolute atomic E-state index is 13.6. The lowest BCUT2D eigenvalue weighted by atomic mass is 9.93. The molecule has 194 valence electrons. The minimum atomic E-state index is -0.984. The van der Waals surface area contributed by atoms with Crippen molar-refractivity contribution in [3.05, 3.63) is 137 Å². The number of nitrogens with one attached hydrogen (secondary N) is 1. The van der Waals surface area contributed by atoms with Gasteiger partial charge in [0.2, 0.25) is 5.91 Å². The zero-order valence-corrected chi connectivity index (χ0v) is 21.5. The van der Waals surface area contributed by atoms with Crippen molar-refractivity contribution in [1.29, 1.82) is 0 Å². The number of carboxylic acid groups (broad SMARTS) is 1. The van der Waals surface area contributed by atoms with Crippen molar-refractivity contribution in [3.8, 4) is 5.75 Å². The molecule has 2 N–H and O–H groups in total. The number of nitrogens with zero attached hydrogens (tertiary/aromatic N) is 1. The van der Waals surface area contributed by atoms with E-state index >= 15 is 0 Å². The van der Waals surface area contributed by atoms with E-state index in [0.717, 1.165) is 27.5 Å². The van der Waals surface area contributed by atoms with Gasteiger partial charge in [-0.15, -0.1) is 0 Å². The van der Waals surface area contributed by atoms with E-state index in [2.05, 4.69) is 10.3 Å². The summed E-state index contributed by atoms with van der Waals surface area (Å²) in [7, 11) is 0. The predicted molar refractivity (Wildman–Crippen MR) is 152 cm³/mol. The number of rotatable bonds is 9. The van der Waals surface area contributed by atoms with Crippen molar-refractivity contribution in [2.45, 2.75) is 25.9 Å². The fourth-order valence-electron chi connectivity index (χ4n) is 4.68. The van der Waals surface area contributed by atoms with Gasteiger partial charge >= 0.3 is 5.97 Å². The van der Waals surface area contributed by atoms with Crippen LogP contribution in [0.2, 0.25) is 0 Å². The van der Waals surface area contributed by atoms with Crippen molar-refractivity contribution in [2.75, 3.05) is 5.32 Å². The molecule has 0 aliphatic rings. The van der Waals surface area contributed by atoms with Gasteiger partial charge in [0.1, 0.15) is 12.4 Å². The average Bonchev–Trinajstić information content (AvgIpc) is 2.97. The second kappa shape index (κ2) is 11.6. The van der Waals surface area contributed by atoms with Crippen LogP contribution in [-0.4, -0.2) is 22.0 Å². The number of fused-ring (bicyclic) bond motifs is 1. The summed E-state index contributed by atoms with van der Waals surface area (Å²) in [4.78, 5) is 29.5. The Morgan fingerprint density at radius 3 is 2.51 bits per heavy atom. The molecule has 39 heavy (non-hydrogen) atoms. The number of pyridine rings is 1. The minimum absolute atomic E-state index is 0.149. The summed E-state index contributed by atoms with van der Waals surface area (Å²) in [6.45, 7) is 2.19. The second-order valence-electron chi connectivity index (χ2n) is 9.39. The van der Waals surface area contributed by atoms with Crippen LogP contribution in [0.15, 0.2) is 109 Å². The van der Waals surface area contributed by atoms with Crippen LogP contribution >= 0.6 is 0 Å². The van der Waals surface area contributed by atoms with E-state index in [0.29, 0.717) is 30.0 Å². The molecule has 6 nitrogen and oxygen atoms in total. The van der Waals surface area contributed by atoms with E-state index in [4.69, 9.17) is 4.74 Å². The van der Waals surface area contributed by atoms with Gasteiger partial charge in [-0.1, -0.05) is 72.8 Å². The number of aromatic nitrogens is 1. The monoisotopic (exact) mass is 516 g/mol. The molecule has 6 heteroatoms. The van der Waals surface area contributed by atoms with E-state index < -0.39 is 11.9 Å². The lowest BCUT2D eigenvalue weighted by molar-refractivity contribution is -0.117. The fraction of sp³-hybridized carbons (Fsp3) is 0.121. The number of carbonyl (C=O) groups is 2. The van der Waals surface area contributed by atoms with Gasteiger partial charge in [0.05, 0.1) is 17.7 Å². The van der Waals surface area contributed by atoms with E-state index in [1.54, 1.807) is 36.7 Å². The Balaban J connectivity index is 1.45. The van der Waals surface area contributed by atoms with Gasteiger partial charge in [-0.05, 0) is 64.2 Å². The van der Waals surface area contributed by atoms with Gasteiger partial charge in [0.25, 0.3) is 0 Å². The molecule has 0 saturated heterocycles. The number of carboxylic acids is 1. The number of ether oxygens (including phenoxy) is 1. The molecule has 0 spiro atoms. The van der Waals surface area contributed by atoms with Gasteiger partial charge in [-0.25, -0.2) is 4.79 Å². The third kappa shape index (κ3) is 5.96. The van der Waals surface area contributed by atoms with Gasteiger partial charge in [0.15, 0.2) is 0 Å². The molecule has 0 fully saturated rings. The Hall–Kier alpha value is -4.97. The van der Waals surface area contributed by atoms with Gasteiger partial charge < -0.3 is 15.2 Å². The molecule has 0 aliphatic heterocycles. The maximum atomic E-state index is 13.6. The standard InChI is InChI=1S/C33H28N2O4/c1-22(28-14-6-10-24-8-2-4-12-29(24)28)32(36)35-31-18-23(21-39-27-11-7-17-34-20-27)15-16-26(31)19-25-9-3-5-13-30(25)33(37)38/h2-18,20,22H,19,21H2,1H3,(H,35,36)(H,37,38). The Morgan fingerprint density at radius 1 is 0.897 bits per heavy atom. The topological polar surface area (TPSA) is 88.5 Å². The van der Waals surface area contributed by atoms with Crippen LogP contribution in [0.4, 0.5) is 5.69 Å². The summed E-state index contributed by atoms with van der Waals surface area (Å²) in [6, 6.07) is 30.3. The number of anilines is 1. The summed E-state index contributed by atoms with van der Waals surface area (Å²) in [5.41, 5.74) is 4.15. The number of aromatic carboxylic acids is 1. The van der Waals surface area contributed by atoms with Crippen molar-refractivity contribution in [1.82, 2.24) is 4.98 Å². The summed E-state index contributed by atoms with van der Waals surface area (Å²) in [6.07, 6.45) is 3.68. The summed E-state index contributed by atoms with van der Waals surface area (Å²) in [5, 5.41) is 14.9. The smallest absolute Gasteiger partial charge is 0.335 e. The molecule has 1 heterocycles. The van der Waals surface area contributed by atoms with Gasteiger partial charge in [-0.3, -0.25) is 9.78 Å². The highest BCUT2D eigenvalue weighted by Gasteiger charge is 2.20. The molecule has 5 aromatic rings. The zero-order valence-electron chi connectivity index (χ0n) is 21.5. The summed E-state index contributed by atoms with van der Waals surface area (Å²) in [5.74, 6) is -0.899. The zero-order chi connectivity index (χ0) is 27.2. The number of amides is 1. The SMILES string of the molecule is CC(C(=O)Nc1cc(COc2cccnc2)ccc1Cc1ccccc1C(=O)O)c1cccc2ccccc12. The third-order valence-electron chi connectivity index (χ3n) is 6.78. The first-order valence-corrected chi connectivity index (χ1v) is 12.7. The largest absolute Gasteiger partial charge is 0.487 e. The van der Waals surface area contributed by atoms with Gasteiger partial charge in [-0.2, -0.15) is 0 Å². The van der Waals surface area contributed by atoms with E-state index in [1.807, 2.05) is 79.7 Å². The fourth-order valence-corrected chi connectivity index (χ4v) is 4.68. The minimum Gasteiger partial charge on any atom is -0.487 e. The molecule has 4 aromatic carbocycles. The van der Waals surface area contributed by atoms with E-state index in [-0.39, 0.29) is 11.5 Å². The normalized spacial score (nSPS) is 11.6. The molecule has 0 saturated carbocycles. The van der Waals surface area contributed by atoms with E-state index in [1.165, 1.54) is 0 Å². The van der Waals surface area contributed by atoms with Crippen LogP contribution in [-0.2, 0) is 17.8 Å². The summed E-state index contributed by atoms with van der Waals surface area (Å²) >= 11 is 0. The maximum Gasteiger partial charge on any atom is 0.335 e. The molecule has 1 aromatic heterocycles. The molecular weight excluding hydrogens is 488 g/mol. The quantitative estimate of drug-likeness (QED) is 0.224. The van der Waals surface area contributed by atoms with Crippen molar-refractivity contribution < 1.29 is 19.4 Å².